The minimum absolute atomic E-state index is 0.0348. The summed E-state index contributed by atoms with van der Waals surface area (Å²) in [5, 5.41) is 0.0438. The van der Waals surface area contributed by atoms with Crippen molar-refractivity contribution in [3.63, 3.8) is 0 Å². The summed E-state index contributed by atoms with van der Waals surface area (Å²) >= 11 is 6.16. The van der Waals surface area contributed by atoms with Gasteiger partial charge in [0.05, 0.1) is 10.5 Å². The van der Waals surface area contributed by atoms with Crippen LogP contribution in [0.2, 0.25) is 5.02 Å². The highest BCUT2D eigenvalue weighted by Gasteiger charge is 2.33. The maximum absolute atomic E-state index is 12.9. The normalized spacial score (nSPS) is 16.3. The minimum atomic E-state index is -4.46. The molecule has 2 aromatic carbocycles. The smallest absolute Gasteiger partial charge is 0.247 e. The van der Waals surface area contributed by atoms with Crippen molar-refractivity contribution in [1.82, 2.24) is 9.97 Å². The van der Waals surface area contributed by atoms with Crippen LogP contribution in [0.3, 0.4) is 0 Å². The van der Waals surface area contributed by atoms with E-state index in [1.165, 1.54) is 24.5 Å². The van der Waals surface area contributed by atoms with E-state index in [0.717, 1.165) is 23.3 Å². The topological polar surface area (TPSA) is 72.0 Å². The van der Waals surface area contributed by atoms with Crippen LogP contribution in [0.4, 0.5) is 19.1 Å². The fourth-order valence-electron chi connectivity index (χ4n) is 3.60. The third kappa shape index (κ3) is 3.99. The predicted molar refractivity (Wildman–Crippen MR) is 106 cm³/mol. The molecule has 0 fully saturated rings. The molecule has 3 aromatic rings. The Hall–Kier alpha value is -2.65. The third-order valence-corrected chi connectivity index (χ3v) is 6.65. The van der Waals surface area contributed by atoms with Gasteiger partial charge in [-0.2, -0.15) is 13.2 Å². The molecule has 1 heterocycles. The van der Waals surface area contributed by atoms with Crippen LogP contribution in [0.5, 0.6) is 0 Å². The van der Waals surface area contributed by atoms with Crippen molar-refractivity contribution in [2.45, 2.75) is 29.8 Å². The van der Waals surface area contributed by atoms with Gasteiger partial charge in [-0.25, -0.2) is 23.1 Å². The number of anilines is 1. The van der Waals surface area contributed by atoms with E-state index in [2.05, 4.69) is 14.7 Å². The molecule has 30 heavy (non-hydrogen) atoms. The average molecular weight is 454 g/mol. The molecule has 1 aliphatic rings. The quantitative estimate of drug-likeness (QED) is 0.601. The first-order valence-corrected chi connectivity index (χ1v) is 10.8. The van der Waals surface area contributed by atoms with Crippen LogP contribution in [-0.4, -0.2) is 18.4 Å². The fraction of sp³-hybridized carbons (Fsp3) is 0.200. The molecule has 0 bridgehead atoms. The molecule has 0 saturated carbocycles. The molecule has 1 atom stereocenters. The van der Waals surface area contributed by atoms with E-state index in [-0.39, 0.29) is 21.8 Å². The molecular weight excluding hydrogens is 439 g/mol. The number of rotatable bonds is 4. The molecule has 0 amide bonds. The van der Waals surface area contributed by atoms with E-state index < -0.39 is 21.8 Å². The summed E-state index contributed by atoms with van der Waals surface area (Å²) in [7, 11) is -3.87. The Morgan fingerprint density at radius 3 is 2.40 bits per heavy atom. The first-order valence-electron chi connectivity index (χ1n) is 8.94. The lowest BCUT2D eigenvalue weighted by Gasteiger charge is -2.16. The monoisotopic (exact) mass is 453 g/mol. The Bertz CT molecular complexity index is 1200. The molecule has 10 heteroatoms. The van der Waals surface area contributed by atoms with Crippen LogP contribution in [0, 0.1) is 0 Å². The highest BCUT2D eigenvalue weighted by Crippen LogP contribution is 2.43. The van der Waals surface area contributed by atoms with Crippen LogP contribution < -0.4 is 4.72 Å². The molecule has 156 valence electrons. The maximum Gasteiger partial charge on any atom is 0.416 e. The van der Waals surface area contributed by atoms with E-state index in [1.807, 2.05) is 0 Å². The van der Waals surface area contributed by atoms with Gasteiger partial charge >= 0.3 is 6.18 Å². The number of hydrogen-bond donors (Lipinski definition) is 1. The second kappa shape index (κ2) is 7.55. The van der Waals surface area contributed by atoms with Crippen LogP contribution in [0.25, 0.3) is 0 Å². The average Bonchev–Trinajstić information content (AvgIpc) is 3.11. The fourth-order valence-corrected chi connectivity index (χ4v) is 4.92. The minimum Gasteiger partial charge on any atom is -0.247 e. The summed E-state index contributed by atoms with van der Waals surface area (Å²) in [4.78, 5) is 7.77. The lowest BCUT2D eigenvalue weighted by atomic mass is 9.92. The van der Waals surface area contributed by atoms with Crippen molar-refractivity contribution in [1.29, 1.82) is 0 Å². The van der Waals surface area contributed by atoms with Gasteiger partial charge in [0.25, 0.3) is 10.0 Å². The Morgan fingerprint density at radius 1 is 1.03 bits per heavy atom. The zero-order chi connectivity index (χ0) is 21.5. The molecule has 0 saturated heterocycles. The van der Waals surface area contributed by atoms with Gasteiger partial charge in [-0.05, 0) is 59.9 Å². The van der Waals surface area contributed by atoms with Crippen LogP contribution in [0.1, 0.15) is 34.6 Å². The van der Waals surface area contributed by atoms with E-state index in [0.29, 0.717) is 18.4 Å². The first kappa shape index (κ1) is 20.6. The van der Waals surface area contributed by atoms with Crippen molar-refractivity contribution < 1.29 is 21.6 Å². The molecule has 0 unspecified atom stereocenters. The van der Waals surface area contributed by atoms with E-state index in [1.54, 1.807) is 18.2 Å². The Labute approximate surface area is 176 Å². The third-order valence-electron chi connectivity index (χ3n) is 5.00. The number of sulfonamides is 1. The number of benzene rings is 2. The summed E-state index contributed by atoms with van der Waals surface area (Å²) in [5.41, 5.74) is 1.46. The zero-order valence-corrected chi connectivity index (χ0v) is 16.9. The number of fused-ring (bicyclic) bond motifs is 1. The number of halogens is 4. The van der Waals surface area contributed by atoms with Gasteiger partial charge in [-0.15, -0.1) is 0 Å². The first-order chi connectivity index (χ1) is 14.1. The lowest BCUT2D eigenvalue weighted by molar-refractivity contribution is -0.137. The standard InChI is InChI=1S/C20H15ClF3N3O2S/c21-18-11-13(20(22,23)24)3-6-17(18)16-5-2-12-10-14(4-7-15(12)16)30(28,29)27-19-25-8-1-9-26-19/h1,3-4,6-11,16H,2,5H2,(H,25,26,27)/t16-/m0/s1. The van der Waals surface area contributed by atoms with Gasteiger partial charge in [-0.3, -0.25) is 0 Å². The van der Waals surface area contributed by atoms with Gasteiger partial charge in [0.15, 0.2) is 0 Å². The summed E-state index contributed by atoms with van der Waals surface area (Å²) in [6.07, 6.45) is -0.409. The molecule has 0 spiro atoms. The van der Waals surface area contributed by atoms with E-state index in [9.17, 15) is 21.6 Å². The molecule has 0 aliphatic heterocycles. The summed E-state index contributed by atoms with van der Waals surface area (Å²) < 4.78 is 66.3. The number of nitrogens with zero attached hydrogens (tertiary/aromatic N) is 2. The predicted octanol–water partition coefficient (Wildman–Crippen LogP) is 5.03. The van der Waals surface area contributed by atoms with Gasteiger partial charge in [0.1, 0.15) is 0 Å². The molecule has 1 aliphatic carbocycles. The Morgan fingerprint density at radius 2 is 1.73 bits per heavy atom. The van der Waals surface area contributed by atoms with Crippen LogP contribution >= 0.6 is 11.6 Å². The largest absolute Gasteiger partial charge is 0.416 e. The lowest BCUT2D eigenvalue weighted by Crippen LogP contribution is -2.15. The van der Waals surface area contributed by atoms with Gasteiger partial charge in [0, 0.05) is 23.3 Å². The van der Waals surface area contributed by atoms with Crippen molar-refractivity contribution in [2.75, 3.05) is 4.72 Å². The molecule has 4 rings (SSSR count). The van der Waals surface area contributed by atoms with Gasteiger partial charge in [0.2, 0.25) is 5.95 Å². The Balaban J connectivity index is 1.63. The highest BCUT2D eigenvalue weighted by atomic mass is 35.5. The SMILES string of the molecule is O=S(=O)(Nc1ncccn1)c1ccc2c(c1)CC[C@@H]2c1ccc(C(F)(F)F)cc1Cl. The van der Waals surface area contributed by atoms with Crippen molar-refractivity contribution in [3.8, 4) is 0 Å². The molecule has 1 aromatic heterocycles. The van der Waals surface area contributed by atoms with Crippen molar-refractivity contribution in [3.05, 3.63) is 82.1 Å². The summed E-state index contributed by atoms with van der Waals surface area (Å²) in [6, 6.07) is 9.61. The maximum atomic E-state index is 12.9. The van der Waals surface area contributed by atoms with E-state index in [4.69, 9.17) is 11.6 Å². The second-order valence-corrected chi connectivity index (χ2v) is 8.95. The highest BCUT2D eigenvalue weighted by molar-refractivity contribution is 7.92. The number of aryl methyl sites for hydroxylation is 1. The van der Waals surface area contributed by atoms with E-state index >= 15 is 0 Å². The van der Waals surface area contributed by atoms with Gasteiger partial charge in [-0.1, -0.05) is 23.7 Å². The summed E-state index contributed by atoms with van der Waals surface area (Å²) in [5.74, 6) is -0.232. The molecular formula is C20H15ClF3N3O2S. The van der Waals surface area contributed by atoms with Gasteiger partial charge < -0.3 is 0 Å². The van der Waals surface area contributed by atoms with Crippen molar-refractivity contribution in [2.24, 2.45) is 0 Å². The molecule has 5 nitrogen and oxygen atoms in total. The molecule has 0 radical (unpaired) electrons. The number of alkyl halides is 3. The Kier molecular flexibility index (Phi) is 5.19. The number of nitrogens with one attached hydrogen (secondary N) is 1. The zero-order valence-electron chi connectivity index (χ0n) is 15.3. The number of hydrogen-bond acceptors (Lipinski definition) is 4. The van der Waals surface area contributed by atoms with Crippen LogP contribution in [-0.2, 0) is 22.6 Å². The number of aromatic nitrogens is 2. The van der Waals surface area contributed by atoms with Crippen molar-refractivity contribution >= 4 is 27.6 Å². The molecule has 1 N–H and O–H groups in total. The second-order valence-electron chi connectivity index (χ2n) is 6.86. The summed E-state index contributed by atoms with van der Waals surface area (Å²) in [6.45, 7) is 0. The van der Waals surface area contributed by atoms with Crippen LogP contribution in [0.15, 0.2) is 59.8 Å².